The standard InChI is InChI=1S/C10H14ClNS/c1-10(2,3)9(13-4)8(11)6-5-7-12/h5-6H,1-4H3/b6-5+,9-8+. The Kier molecular flexibility index (Phi) is 5.20. The molecule has 0 aromatic heterocycles. The number of rotatable bonds is 2. The Hall–Kier alpha value is -0.390. The highest BCUT2D eigenvalue weighted by Crippen LogP contribution is 2.37. The van der Waals surface area contributed by atoms with E-state index in [-0.39, 0.29) is 5.41 Å². The third kappa shape index (κ3) is 4.40. The molecule has 0 heterocycles. The molecular formula is C10H14ClNS. The van der Waals surface area contributed by atoms with Crippen LogP contribution in [0.25, 0.3) is 0 Å². The summed E-state index contributed by atoms with van der Waals surface area (Å²) >= 11 is 7.65. The number of thioether (sulfide) groups is 1. The average molecular weight is 216 g/mol. The first-order valence-electron chi connectivity index (χ1n) is 3.94. The summed E-state index contributed by atoms with van der Waals surface area (Å²) in [6.45, 7) is 6.30. The molecule has 0 saturated carbocycles. The van der Waals surface area contributed by atoms with E-state index in [9.17, 15) is 0 Å². The van der Waals surface area contributed by atoms with Crippen molar-refractivity contribution in [2.45, 2.75) is 20.8 Å². The van der Waals surface area contributed by atoms with Crippen LogP contribution in [0.3, 0.4) is 0 Å². The molecule has 0 bridgehead atoms. The van der Waals surface area contributed by atoms with E-state index in [0.717, 1.165) is 4.91 Å². The second-order valence-electron chi connectivity index (χ2n) is 3.59. The lowest BCUT2D eigenvalue weighted by Gasteiger charge is -2.21. The van der Waals surface area contributed by atoms with Gasteiger partial charge in [-0.1, -0.05) is 32.4 Å². The zero-order chi connectivity index (χ0) is 10.5. The molecule has 0 aromatic rings. The van der Waals surface area contributed by atoms with Gasteiger partial charge in [0.05, 0.1) is 11.1 Å². The van der Waals surface area contributed by atoms with Crippen molar-refractivity contribution in [1.82, 2.24) is 0 Å². The van der Waals surface area contributed by atoms with Crippen LogP contribution in [0.2, 0.25) is 0 Å². The van der Waals surface area contributed by atoms with Crippen molar-refractivity contribution < 1.29 is 0 Å². The molecule has 1 nitrogen and oxygen atoms in total. The number of hydrogen-bond donors (Lipinski definition) is 0. The molecule has 0 aliphatic heterocycles. The molecule has 0 aromatic carbocycles. The molecule has 0 N–H and O–H groups in total. The summed E-state index contributed by atoms with van der Waals surface area (Å²) in [6, 6.07) is 1.92. The van der Waals surface area contributed by atoms with Crippen molar-refractivity contribution in [3.8, 4) is 6.07 Å². The van der Waals surface area contributed by atoms with Crippen molar-refractivity contribution in [3.63, 3.8) is 0 Å². The number of halogens is 1. The van der Waals surface area contributed by atoms with E-state index >= 15 is 0 Å². The first-order valence-corrected chi connectivity index (χ1v) is 5.54. The zero-order valence-electron chi connectivity index (χ0n) is 8.39. The van der Waals surface area contributed by atoms with E-state index in [1.54, 1.807) is 17.8 Å². The fourth-order valence-corrected chi connectivity index (χ4v) is 2.40. The van der Waals surface area contributed by atoms with E-state index in [2.05, 4.69) is 20.8 Å². The van der Waals surface area contributed by atoms with Crippen LogP contribution in [0, 0.1) is 16.7 Å². The Bertz CT molecular complexity index is 266. The Morgan fingerprint density at radius 3 is 2.31 bits per heavy atom. The highest BCUT2D eigenvalue weighted by atomic mass is 35.5. The van der Waals surface area contributed by atoms with Crippen LogP contribution in [0.1, 0.15) is 20.8 Å². The van der Waals surface area contributed by atoms with Gasteiger partial charge in [-0.15, -0.1) is 11.8 Å². The van der Waals surface area contributed by atoms with E-state index in [1.807, 2.05) is 12.3 Å². The summed E-state index contributed by atoms with van der Waals surface area (Å²) in [5, 5.41) is 9.00. The lowest BCUT2D eigenvalue weighted by Crippen LogP contribution is -2.07. The second kappa shape index (κ2) is 5.36. The largest absolute Gasteiger partial charge is 0.193 e. The first-order chi connectivity index (χ1) is 5.93. The van der Waals surface area contributed by atoms with Gasteiger partial charge >= 0.3 is 0 Å². The SMILES string of the molecule is CS/C(=C(Cl)\C=C\C#N)C(C)(C)C. The molecule has 0 saturated heterocycles. The molecule has 13 heavy (non-hydrogen) atoms. The average Bonchev–Trinajstić information content (AvgIpc) is 1.99. The Morgan fingerprint density at radius 2 is 2.00 bits per heavy atom. The summed E-state index contributed by atoms with van der Waals surface area (Å²) in [4.78, 5) is 1.10. The van der Waals surface area contributed by atoms with E-state index in [1.165, 1.54) is 6.08 Å². The molecule has 0 rings (SSSR count). The maximum atomic E-state index is 8.35. The number of nitrogens with zero attached hydrogens (tertiary/aromatic N) is 1. The van der Waals surface area contributed by atoms with Gasteiger partial charge in [-0.2, -0.15) is 5.26 Å². The molecule has 0 fully saturated rings. The normalized spacial score (nSPS) is 14.2. The van der Waals surface area contributed by atoms with Crippen LogP contribution in [0.5, 0.6) is 0 Å². The predicted molar refractivity (Wildman–Crippen MR) is 60.6 cm³/mol. The van der Waals surface area contributed by atoms with Gasteiger partial charge in [-0.3, -0.25) is 0 Å². The minimum absolute atomic E-state index is 0.0380. The minimum atomic E-state index is 0.0380. The van der Waals surface area contributed by atoms with Crippen molar-refractivity contribution in [1.29, 1.82) is 5.26 Å². The molecule has 0 unspecified atom stereocenters. The van der Waals surface area contributed by atoms with Crippen LogP contribution in [-0.2, 0) is 0 Å². The Balaban J connectivity index is 4.94. The van der Waals surface area contributed by atoms with Gasteiger partial charge in [-0.25, -0.2) is 0 Å². The van der Waals surface area contributed by atoms with Gasteiger partial charge in [0.15, 0.2) is 0 Å². The van der Waals surface area contributed by atoms with Crippen molar-refractivity contribution >= 4 is 23.4 Å². The lowest BCUT2D eigenvalue weighted by atomic mass is 9.95. The Morgan fingerprint density at radius 1 is 1.46 bits per heavy atom. The van der Waals surface area contributed by atoms with Gasteiger partial charge in [0.2, 0.25) is 0 Å². The fraction of sp³-hybridized carbons (Fsp3) is 0.500. The molecule has 72 valence electrons. The molecule has 0 spiro atoms. The maximum absolute atomic E-state index is 8.35. The van der Waals surface area contributed by atoms with Crippen LogP contribution >= 0.6 is 23.4 Å². The van der Waals surface area contributed by atoms with E-state index < -0.39 is 0 Å². The van der Waals surface area contributed by atoms with Crippen LogP contribution in [0.4, 0.5) is 0 Å². The quantitative estimate of drug-likeness (QED) is 0.515. The maximum Gasteiger partial charge on any atom is 0.0912 e. The summed E-state index contributed by atoms with van der Waals surface area (Å²) in [5.41, 5.74) is 0.0380. The van der Waals surface area contributed by atoms with Gasteiger partial charge in [0.25, 0.3) is 0 Å². The lowest BCUT2D eigenvalue weighted by molar-refractivity contribution is 0.532. The van der Waals surface area contributed by atoms with Gasteiger partial charge in [-0.05, 0) is 17.7 Å². The molecule has 3 heteroatoms. The van der Waals surface area contributed by atoms with Gasteiger partial charge in [0.1, 0.15) is 0 Å². The van der Waals surface area contributed by atoms with Crippen molar-refractivity contribution in [2.24, 2.45) is 5.41 Å². The smallest absolute Gasteiger partial charge is 0.0912 e. The van der Waals surface area contributed by atoms with Crippen molar-refractivity contribution in [3.05, 3.63) is 22.1 Å². The molecule has 0 atom stereocenters. The van der Waals surface area contributed by atoms with Crippen molar-refractivity contribution in [2.75, 3.05) is 6.26 Å². The second-order valence-corrected chi connectivity index (χ2v) is 4.82. The molecule has 0 aliphatic rings. The fourth-order valence-electron chi connectivity index (χ4n) is 0.948. The minimum Gasteiger partial charge on any atom is -0.193 e. The van der Waals surface area contributed by atoms with Crippen LogP contribution in [-0.4, -0.2) is 6.26 Å². The predicted octanol–water partition coefficient (Wildman–Crippen LogP) is 3.93. The monoisotopic (exact) mass is 215 g/mol. The van der Waals surface area contributed by atoms with E-state index in [0.29, 0.717) is 5.03 Å². The topological polar surface area (TPSA) is 23.8 Å². The molecule has 0 radical (unpaired) electrons. The summed E-state index contributed by atoms with van der Waals surface area (Å²) < 4.78 is 0. The number of nitriles is 1. The summed E-state index contributed by atoms with van der Waals surface area (Å²) in [6.07, 6.45) is 5.02. The van der Waals surface area contributed by atoms with Gasteiger partial charge in [0, 0.05) is 11.0 Å². The number of allylic oxidation sites excluding steroid dienone is 4. The van der Waals surface area contributed by atoms with Crippen LogP contribution in [0.15, 0.2) is 22.1 Å². The Labute approximate surface area is 89.5 Å². The third-order valence-electron chi connectivity index (χ3n) is 1.41. The third-order valence-corrected chi connectivity index (χ3v) is 3.07. The zero-order valence-corrected chi connectivity index (χ0v) is 9.96. The highest BCUT2D eigenvalue weighted by Gasteiger charge is 2.18. The molecule has 0 amide bonds. The highest BCUT2D eigenvalue weighted by molar-refractivity contribution is 8.02. The summed E-state index contributed by atoms with van der Waals surface area (Å²) in [7, 11) is 0. The molecule has 0 aliphatic carbocycles. The van der Waals surface area contributed by atoms with Gasteiger partial charge < -0.3 is 0 Å². The molecular weight excluding hydrogens is 202 g/mol. The van der Waals surface area contributed by atoms with E-state index in [4.69, 9.17) is 16.9 Å². The number of hydrogen-bond acceptors (Lipinski definition) is 2. The first kappa shape index (κ1) is 12.6. The summed E-state index contributed by atoms with van der Waals surface area (Å²) in [5.74, 6) is 0. The van der Waals surface area contributed by atoms with Crippen LogP contribution < -0.4 is 0 Å².